The molecule has 0 spiro atoms. The molecule has 10 heteroatoms. The molecule has 0 aliphatic carbocycles. The van der Waals surface area contributed by atoms with Gasteiger partial charge in [0.15, 0.2) is 0 Å². The van der Waals surface area contributed by atoms with Crippen LogP contribution in [0.1, 0.15) is 23.8 Å². The van der Waals surface area contributed by atoms with Gasteiger partial charge in [0.2, 0.25) is 5.89 Å². The van der Waals surface area contributed by atoms with Crippen LogP contribution in [0.5, 0.6) is 0 Å². The number of aromatic nitrogens is 3. The van der Waals surface area contributed by atoms with Crippen molar-refractivity contribution in [1.82, 2.24) is 20.2 Å². The van der Waals surface area contributed by atoms with Gasteiger partial charge in [0, 0.05) is 23.8 Å². The van der Waals surface area contributed by atoms with Crippen molar-refractivity contribution >= 4 is 35.0 Å². The number of pyridine rings is 1. The van der Waals surface area contributed by atoms with Crippen LogP contribution in [0.15, 0.2) is 86.3 Å². The van der Waals surface area contributed by atoms with Crippen LogP contribution in [0, 0.1) is 0 Å². The van der Waals surface area contributed by atoms with E-state index in [-0.39, 0.29) is 17.7 Å². The van der Waals surface area contributed by atoms with Crippen molar-refractivity contribution in [2.75, 3.05) is 5.75 Å². The molecule has 0 saturated heterocycles. The number of thioether (sulfide) groups is 1. The lowest BCUT2D eigenvalue weighted by Gasteiger charge is -2.19. The molecule has 4 heterocycles. The van der Waals surface area contributed by atoms with Gasteiger partial charge in [-0.3, -0.25) is 9.78 Å². The third-order valence-electron chi connectivity index (χ3n) is 4.85. The first-order valence-corrected chi connectivity index (χ1v) is 11.1. The monoisotopic (exact) mass is 465 g/mol. The topological polar surface area (TPSA) is 97.6 Å². The van der Waals surface area contributed by atoms with Crippen molar-refractivity contribution in [3.05, 3.63) is 83.5 Å². The van der Waals surface area contributed by atoms with Crippen molar-refractivity contribution in [2.24, 2.45) is 5.10 Å². The van der Waals surface area contributed by atoms with E-state index in [1.165, 1.54) is 5.01 Å². The van der Waals surface area contributed by atoms with Crippen LogP contribution in [0.25, 0.3) is 11.5 Å². The van der Waals surface area contributed by atoms with E-state index in [0.29, 0.717) is 33.9 Å². The van der Waals surface area contributed by atoms with Crippen LogP contribution in [0.3, 0.4) is 0 Å². The fourth-order valence-electron chi connectivity index (χ4n) is 3.32. The van der Waals surface area contributed by atoms with Gasteiger partial charge in [-0.1, -0.05) is 35.5 Å². The molecule has 0 saturated carbocycles. The quantitative estimate of drug-likeness (QED) is 0.375. The summed E-state index contributed by atoms with van der Waals surface area (Å²) in [6.45, 7) is 0. The average Bonchev–Trinajstić information content (AvgIpc) is 3.59. The van der Waals surface area contributed by atoms with E-state index >= 15 is 0 Å². The van der Waals surface area contributed by atoms with Crippen molar-refractivity contribution in [2.45, 2.75) is 17.7 Å². The number of furan rings is 1. The first kappa shape index (κ1) is 20.5. The van der Waals surface area contributed by atoms with Crippen LogP contribution in [-0.2, 0) is 4.79 Å². The Hall–Kier alpha value is -3.43. The Balaban J connectivity index is 1.32. The molecule has 160 valence electrons. The number of hydrogen-bond acceptors (Lipinski definition) is 8. The normalized spacial score (nSPS) is 15.7. The van der Waals surface area contributed by atoms with E-state index in [2.05, 4.69) is 20.3 Å². The number of rotatable bonds is 6. The zero-order valence-corrected chi connectivity index (χ0v) is 18.2. The number of hydrogen-bond donors (Lipinski definition) is 0. The smallest absolute Gasteiger partial charge is 0.277 e. The van der Waals surface area contributed by atoms with E-state index < -0.39 is 0 Å². The summed E-state index contributed by atoms with van der Waals surface area (Å²) in [5.41, 5.74) is 2.41. The number of carbonyl (C=O) groups excluding carboxylic acids is 1. The van der Waals surface area contributed by atoms with Gasteiger partial charge in [0.05, 0.1) is 23.3 Å². The molecule has 3 aromatic heterocycles. The van der Waals surface area contributed by atoms with Crippen LogP contribution in [0.4, 0.5) is 0 Å². The number of amides is 1. The maximum absolute atomic E-state index is 13.1. The molecule has 1 aliphatic heterocycles. The third kappa shape index (κ3) is 4.30. The molecule has 8 nitrogen and oxygen atoms in total. The minimum Gasteiger partial charge on any atom is -0.467 e. The van der Waals surface area contributed by atoms with Crippen molar-refractivity contribution in [3.8, 4) is 11.5 Å². The van der Waals surface area contributed by atoms with Gasteiger partial charge in [-0.05, 0) is 42.0 Å². The van der Waals surface area contributed by atoms with E-state index in [1.54, 1.807) is 42.9 Å². The molecule has 0 bridgehead atoms. The maximum Gasteiger partial charge on any atom is 0.277 e. The molecule has 1 unspecified atom stereocenters. The maximum atomic E-state index is 13.1. The second-order valence-corrected chi connectivity index (χ2v) is 8.29. The number of carbonyl (C=O) groups is 1. The first-order valence-electron chi connectivity index (χ1n) is 9.73. The lowest BCUT2D eigenvalue weighted by Crippen LogP contribution is -2.28. The minimum atomic E-state index is -0.322. The fraction of sp³-hybridized carbons (Fsp3) is 0.136. The largest absolute Gasteiger partial charge is 0.467 e. The first-order chi connectivity index (χ1) is 15.7. The van der Waals surface area contributed by atoms with Gasteiger partial charge in [0.1, 0.15) is 11.8 Å². The summed E-state index contributed by atoms with van der Waals surface area (Å²) < 4.78 is 11.2. The molecule has 1 aromatic carbocycles. The predicted molar refractivity (Wildman–Crippen MR) is 119 cm³/mol. The Bertz CT molecular complexity index is 1240. The van der Waals surface area contributed by atoms with Crippen molar-refractivity contribution < 1.29 is 13.6 Å². The van der Waals surface area contributed by atoms with Crippen molar-refractivity contribution in [1.29, 1.82) is 0 Å². The molecule has 0 N–H and O–H groups in total. The lowest BCUT2D eigenvalue weighted by atomic mass is 10.0. The summed E-state index contributed by atoms with van der Waals surface area (Å²) in [6.07, 6.45) is 5.43. The molecular weight excluding hydrogens is 450 g/mol. The van der Waals surface area contributed by atoms with E-state index in [4.69, 9.17) is 20.4 Å². The van der Waals surface area contributed by atoms with Crippen LogP contribution in [0.2, 0.25) is 5.02 Å². The Morgan fingerprint density at radius 1 is 1.12 bits per heavy atom. The summed E-state index contributed by atoms with van der Waals surface area (Å²) >= 11 is 7.16. The minimum absolute atomic E-state index is 0.0866. The molecule has 0 radical (unpaired) electrons. The predicted octanol–water partition coefficient (Wildman–Crippen LogP) is 4.85. The lowest BCUT2D eigenvalue weighted by molar-refractivity contribution is -0.130. The van der Waals surface area contributed by atoms with Crippen LogP contribution < -0.4 is 0 Å². The van der Waals surface area contributed by atoms with Gasteiger partial charge >= 0.3 is 0 Å². The second-order valence-electron chi connectivity index (χ2n) is 6.93. The number of benzene rings is 1. The zero-order valence-electron chi connectivity index (χ0n) is 16.6. The van der Waals surface area contributed by atoms with Gasteiger partial charge in [-0.25, -0.2) is 5.01 Å². The Morgan fingerprint density at radius 2 is 2.00 bits per heavy atom. The van der Waals surface area contributed by atoms with Crippen molar-refractivity contribution in [3.63, 3.8) is 0 Å². The highest BCUT2D eigenvalue weighted by Gasteiger charge is 2.35. The molecule has 1 atom stereocenters. The molecular formula is C22H16ClN5O3S. The van der Waals surface area contributed by atoms with Crippen LogP contribution in [-0.4, -0.2) is 37.6 Å². The summed E-state index contributed by atoms with van der Waals surface area (Å²) in [7, 11) is 0. The molecule has 4 aromatic rings. The Labute approximate surface area is 192 Å². The molecule has 0 fully saturated rings. The number of hydrazone groups is 1. The number of nitrogens with zero attached hydrogens (tertiary/aromatic N) is 5. The van der Waals surface area contributed by atoms with E-state index in [1.807, 2.05) is 24.3 Å². The van der Waals surface area contributed by atoms with Gasteiger partial charge in [-0.15, -0.1) is 10.2 Å². The molecule has 1 aliphatic rings. The average molecular weight is 466 g/mol. The summed E-state index contributed by atoms with van der Waals surface area (Å²) in [6, 6.07) is 14.3. The Kier molecular flexibility index (Phi) is 5.74. The number of halogens is 1. The zero-order chi connectivity index (χ0) is 21.9. The molecule has 1 amide bonds. The summed E-state index contributed by atoms with van der Waals surface area (Å²) in [5, 5.41) is 15.0. The highest BCUT2D eigenvalue weighted by Crippen LogP contribution is 2.34. The second kappa shape index (κ2) is 8.97. The van der Waals surface area contributed by atoms with Gasteiger partial charge in [0.25, 0.3) is 11.1 Å². The van der Waals surface area contributed by atoms with Gasteiger partial charge in [-0.2, -0.15) is 5.10 Å². The summed E-state index contributed by atoms with van der Waals surface area (Å²) in [5.74, 6) is 0.920. The SMILES string of the molecule is O=C(CSc1nnc(-c2cccnc2)o1)N1N=C(c2ccc(Cl)cc2)CC1c1ccco1. The van der Waals surface area contributed by atoms with E-state index in [0.717, 1.165) is 23.0 Å². The highest BCUT2D eigenvalue weighted by molar-refractivity contribution is 7.99. The van der Waals surface area contributed by atoms with Gasteiger partial charge < -0.3 is 8.83 Å². The fourth-order valence-corrected chi connectivity index (χ4v) is 4.06. The molecule has 32 heavy (non-hydrogen) atoms. The summed E-state index contributed by atoms with van der Waals surface area (Å²) in [4.78, 5) is 17.1. The standard InChI is InChI=1S/C22H16ClN5O3S/c23-16-7-5-14(6-8-16)17-11-18(19-4-2-10-30-19)28(27-17)20(29)13-32-22-26-25-21(31-22)15-3-1-9-24-12-15/h1-10,12,18H,11,13H2. The third-order valence-corrected chi connectivity index (χ3v) is 5.90. The van der Waals surface area contributed by atoms with Crippen LogP contribution >= 0.6 is 23.4 Å². The Morgan fingerprint density at radius 3 is 2.75 bits per heavy atom. The van der Waals surface area contributed by atoms with E-state index in [9.17, 15) is 4.79 Å². The highest BCUT2D eigenvalue weighted by atomic mass is 35.5. The molecule has 5 rings (SSSR count).